The van der Waals surface area contributed by atoms with E-state index in [1.807, 2.05) is 0 Å². The number of aromatic carboxylic acids is 1. The minimum atomic E-state index is -0.885. The number of carbonyl (C=O) groups is 1. The molecule has 0 saturated heterocycles. The number of thiophene rings is 1. The van der Waals surface area contributed by atoms with E-state index in [1.165, 1.54) is 11.3 Å². The number of rotatable bonds is 8. The van der Waals surface area contributed by atoms with Gasteiger partial charge in [-0.3, -0.25) is 0 Å². The van der Waals surface area contributed by atoms with E-state index in [1.54, 1.807) is 11.4 Å². The number of hydrogen-bond acceptors (Lipinski definition) is 4. The van der Waals surface area contributed by atoms with E-state index >= 15 is 0 Å². The normalized spacial score (nSPS) is 11.7. The van der Waals surface area contributed by atoms with Crippen LogP contribution in [0.25, 0.3) is 0 Å². The summed E-state index contributed by atoms with van der Waals surface area (Å²) in [4.78, 5) is 11.7. The quantitative estimate of drug-likeness (QED) is 0.679. The van der Waals surface area contributed by atoms with Crippen LogP contribution in [0.3, 0.4) is 0 Å². The zero-order chi connectivity index (χ0) is 13.6. The van der Waals surface area contributed by atoms with Gasteiger partial charge in [-0.05, 0) is 18.9 Å². The molecule has 0 aromatic carbocycles. The van der Waals surface area contributed by atoms with Gasteiger partial charge < -0.3 is 15.5 Å². The summed E-state index contributed by atoms with van der Waals surface area (Å²) >= 11 is 1.45. The molecule has 1 aromatic rings. The maximum atomic E-state index is 10.7. The van der Waals surface area contributed by atoms with Crippen molar-refractivity contribution in [2.75, 3.05) is 13.2 Å². The van der Waals surface area contributed by atoms with Crippen LogP contribution in [0.1, 0.15) is 41.9 Å². The molecule has 1 heterocycles. The predicted octanol–water partition coefficient (Wildman–Crippen LogP) is 2.33. The molecule has 3 N–H and O–H groups in total. The number of carboxylic acid groups (broad SMARTS) is 1. The summed E-state index contributed by atoms with van der Waals surface area (Å²) in [5.74, 6) is -0.885. The Balaban J connectivity index is 2.47. The van der Waals surface area contributed by atoms with Crippen molar-refractivity contribution in [3.8, 4) is 0 Å². The topological polar surface area (TPSA) is 69.6 Å². The molecule has 0 bridgehead atoms. The van der Waals surface area contributed by atoms with Crippen molar-refractivity contribution in [2.45, 2.75) is 33.2 Å². The smallest absolute Gasteiger partial charge is 0.336 e. The molecule has 1 rings (SSSR count). The van der Waals surface area contributed by atoms with Crippen LogP contribution < -0.4 is 5.32 Å². The second-order valence-corrected chi connectivity index (χ2v) is 5.57. The van der Waals surface area contributed by atoms with Crippen LogP contribution in [0, 0.1) is 5.41 Å². The van der Waals surface area contributed by atoms with Crippen molar-refractivity contribution < 1.29 is 15.0 Å². The second kappa shape index (κ2) is 6.87. The van der Waals surface area contributed by atoms with E-state index in [-0.39, 0.29) is 12.0 Å². The second-order valence-electron chi connectivity index (χ2n) is 4.58. The minimum absolute atomic E-state index is 0.0626. The summed E-state index contributed by atoms with van der Waals surface area (Å²) in [7, 11) is 0. The van der Waals surface area contributed by atoms with Crippen molar-refractivity contribution in [3.05, 3.63) is 21.9 Å². The first-order valence-electron chi connectivity index (χ1n) is 6.19. The zero-order valence-electron chi connectivity index (χ0n) is 10.9. The van der Waals surface area contributed by atoms with Gasteiger partial charge in [0.2, 0.25) is 0 Å². The van der Waals surface area contributed by atoms with Gasteiger partial charge in [0.25, 0.3) is 0 Å². The first-order chi connectivity index (χ1) is 8.56. The van der Waals surface area contributed by atoms with Gasteiger partial charge in [0, 0.05) is 35.4 Å². The van der Waals surface area contributed by atoms with Crippen molar-refractivity contribution in [2.24, 2.45) is 5.41 Å². The molecule has 0 atom stereocenters. The molecule has 0 aliphatic rings. The molecule has 0 aliphatic carbocycles. The molecule has 5 heteroatoms. The van der Waals surface area contributed by atoms with Gasteiger partial charge in [0.05, 0.1) is 5.56 Å². The Kier molecular flexibility index (Phi) is 5.78. The summed E-state index contributed by atoms with van der Waals surface area (Å²) in [6.07, 6.45) is 1.86. The molecule has 0 unspecified atom stereocenters. The summed E-state index contributed by atoms with van der Waals surface area (Å²) in [5, 5.41) is 23.2. The highest BCUT2D eigenvalue weighted by molar-refractivity contribution is 7.10. The highest BCUT2D eigenvalue weighted by atomic mass is 32.1. The van der Waals surface area contributed by atoms with E-state index in [9.17, 15) is 9.90 Å². The van der Waals surface area contributed by atoms with Gasteiger partial charge in [0.1, 0.15) is 0 Å². The molecule has 0 aliphatic heterocycles. The molecule has 0 saturated carbocycles. The van der Waals surface area contributed by atoms with E-state index in [2.05, 4.69) is 19.2 Å². The van der Waals surface area contributed by atoms with E-state index in [4.69, 9.17) is 5.11 Å². The van der Waals surface area contributed by atoms with Crippen LogP contribution in [0.2, 0.25) is 0 Å². The Bertz CT molecular complexity index is 377. The Hall–Kier alpha value is -0.910. The summed E-state index contributed by atoms with van der Waals surface area (Å²) in [5.41, 5.74) is 0.281. The van der Waals surface area contributed by atoms with Crippen molar-refractivity contribution in [1.29, 1.82) is 0 Å². The lowest BCUT2D eigenvalue weighted by Crippen LogP contribution is -2.36. The van der Waals surface area contributed by atoms with E-state index in [0.29, 0.717) is 12.1 Å². The fourth-order valence-corrected chi connectivity index (χ4v) is 2.64. The molecule has 0 fully saturated rings. The Labute approximate surface area is 112 Å². The van der Waals surface area contributed by atoms with Gasteiger partial charge in [-0.15, -0.1) is 11.3 Å². The average Bonchev–Trinajstić information content (AvgIpc) is 2.84. The molecular weight excluding hydrogens is 250 g/mol. The monoisotopic (exact) mass is 271 g/mol. The molecule has 18 heavy (non-hydrogen) atoms. The third-order valence-electron chi connectivity index (χ3n) is 3.54. The zero-order valence-corrected chi connectivity index (χ0v) is 11.7. The van der Waals surface area contributed by atoms with Crippen LogP contribution in [0.15, 0.2) is 11.4 Å². The SMILES string of the molecule is CCC(CC)(CO)CNCc1cc(C(=O)O)cs1. The van der Waals surface area contributed by atoms with Crippen molar-refractivity contribution in [3.63, 3.8) is 0 Å². The van der Waals surface area contributed by atoms with E-state index in [0.717, 1.165) is 24.3 Å². The average molecular weight is 271 g/mol. The molecule has 0 amide bonds. The van der Waals surface area contributed by atoms with Crippen LogP contribution in [-0.2, 0) is 6.54 Å². The molecular formula is C13H21NO3S. The first-order valence-corrected chi connectivity index (χ1v) is 7.07. The highest BCUT2D eigenvalue weighted by Gasteiger charge is 2.24. The molecule has 0 spiro atoms. The van der Waals surface area contributed by atoms with Gasteiger partial charge in [-0.25, -0.2) is 4.79 Å². The number of nitrogens with one attached hydrogen (secondary N) is 1. The Morgan fingerprint density at radius 1 is 1.44 bits per heavy atom. The predicted molar refractivity (Wildman–Crippen MR) is 73.1 cm³/mol. The fourth-order valence-electron chi connectivity index (χ4n) is 1.82. The number of carboxylic acids is 1. The van der Waals surface area contributed by atoms with Crippen LogP contribution in [-0.4, -0.2) is 29.3 Å². The highest BCUT2D eigenvalue weighted by Crippen LogP contribution is 2.24. The van der Waals surface area contributed by atoms with E-state index < -0.39 is 5.97 Å². The number of aliphatic hydroxyl groups is 1. The third-order valence-corrected chi connectivity index (χ3v) is 4.47. The molecule has 4 nitrogen and oxygen atoms in total. The largest absolute Gasteiger partial charge is 0.478 e. The lowest BCUT2D eigenvalue weighted by molar-refractivity contribution is 0.0697. The number of hydrogen-bond donors (Lipinski definition) is 3. The fraction of sp³-hybridized carbons (Fsp3) is 0.615. The first kappa shape index (κ1) is 15.1. The van der Waals surface area contributed by atoms with Crippen LogP contribution >= 0.6 is 11.3 Å². The minimum Gasteiger partial charge on any atom is -0.478 e. The number of aliphatic hydroxyl groups excluding tert-OH is 1. The maximum absolute atomic E-state index is 10.7. The molecule has 0 radical (unpaired) electrons. The van der Waals surface area contributed by atoms with Gasteiger partial charge >= 0.3 is 5.97 Å². The maximum Gasteiger partial charge on any atom is 0.336 e. The lowest BCUT2D eigenvalue weighted by atomic mass is 9.83. The van der Waals surface area contributed by atoms with Gasteiger partial charge in [0.15, 0.2) is 0 Å². The summed E-state index contributed by atoms with van der Waals surface area (Å²) < 4.78 is 0. The standard InChI is InChI=1S/C13H21NO3S/c1-3-13(4-2,9-15)8-14-6-11-5-10(7-18-11)12(16)17/h5,7,14-15H,3-4,6,8-9H2,1-2H3,(H,16,17). The van der Waals surface area contributed by atoms with Gasteiger partial charge in [-0.2, -0.15) is 0 Å². The van der Waals surface area contributed by atoms with Crippen molar-refractivity contribution >= 4 is 17.3 Å². The Morgan fingerprint density at radius 2 is 2.11 bits per heavy atom. The van der Waals surface area contributed by atoms with Crippen LogP contribution in [0.5, 0.6) is 0 Å². The molecule has 102 valence electrons. The third kappa shape index (κ3) is 3.80. The molecule has 1 aromatic heterocycles. The van der Waals surface area contributed by atoms with Crippen LogP contribution in [0.4, 0.5) is 0 Å². The summed E-state index contributed by atoms with van der Waals surface area (Å²) in [6, 6.07) is 1.69. The lowest BCUT2D eigenvalue weighted by Gasteiger charge is -2.29. The van der Waals surface area contributed by atoms with Gasteiger partial charge in [-0.1, -0.05) is 13.8 Å². The Morgan fingerprint density at radius 3 is 2.56 bits per heavy atom. The summed E-state index contributed by atoms with van der Waals surface area (Å²) in [6.45, 7) is 5.73. The van der Waals surface area contributed by atoms with Crippen molar-refractivity contribution in [1.82, 2.24) is 5.32 Å².